The van der Waals surface area contributed by atoms with E-state index in [2.05, 4.69) is 11.9 Å². The van der Waals surface area contributed by atoms with Crippen molar-refractivity contribution >= 4 is 5.91 Å². The first-order valence-corrected chi connectivity index (χ1v) is 5.53. The lowest BCUT2D eigenvalue weighted by Gasteiger charge is -2.27. The molecule has 1 rings (SSSR count). The van der Waals surface area contributed by atoms with Crippen LogP contribution in [0.25, 0.3) is 0 Å². The van der Waals surface area contributed by atoms with Crippen molar-refractivity contribution in [1.82, 2.24) is 9.80 Å². The normalized spacial score (nSPS) is 23.1. The summed E-state index contributed by atoms with van der Waals surface area (Å²) in [7, 11) is 3.96. The number of carbonyl (C=O) groups excluding carboxylic acids is 1. The smallest absolute Gasteiger partial charge is 0.241 e. The Morgan fingerprint density at radius 1 is 1.60 bits per heavy atom. The molecule has 0 saturated carbocycles. The van der Waals surface area contributed by atoms with E-state index in [1.165, 1.54) is 6.42 Å². The summed E-state index contributed by atoms with van der Waals surface area (Å²) in [6.07, 6.45) is 1.18. The van der Waals surface area contributed by atoms with Gasteiger partial charge in [0.25, 0.3) is 0 Å². The molecule has 1 atom stereocenters. The Labute approximate surface area is 92.4 Å². The Morgan fingerprint density at radius 3 is 2.60 bits per heavy atom. The van der Waals surface area contributed by atoms with Crippen LogP contribution in [0.2, 0.25) is 0 Å². The number of hydrogen-bond donors (Lipinski definition) is 1. The molecule has 4 heteroatoms. The fraction of sp³-hybridized carbons (Fsp3) is 0.909. The molecule has 1 amide bonds. The van der Waals surface area contributed by atoms with E-state index in [0.29, 0.717) is 5.92 Å². The van der Waals surface area contributed by atoms with Gasteiger partial charge in [-0.05, 0) is 39.8 Å². The van der Waals surface area contributed by atoms with Crippen LogP contribution in [-0.4, -0.2) is 55.0 Å². The fourth-order valence-corrected chi connectivity index (χ4v) is 2.14. The number of hydrogen-bond acceptors (Lipinski definition) is 3. The average molecular weight is 213 g/mol. The predicted octanol–water partition coefficient (Wildman–Crippen LogP) is 0.134. The highest BCUT2D eigenvalue weighted by Gasteiger charge is 2.28. The Bertz CT molecular complexity index is 234. The van der Waals surface area contributed by atoms with Gasteiger partial charge in [0.1, 0.15) is 0 Å². The zero-order chi connectivity index (χ0) is 11.6. The van der Waals surface area contributed by atoms with Crippen LogP contribution in [0.3, 0.4) is 0 Å². The van der Waals surface area contributed by atoms with Crippen molar-refractivity contribution in [3.63, 3.8) is 0 Å². The van der Waals surface area contributed by atoms with Crippen LogP contribution in [0.5, 0.6) is 0 Å². The third kappa shape index (κ3) is 3.47. The number of likely N-dealkylation sites (N-methyl/N-ethyl adjacent to an activating group) is 1. The second-order valence-electron chi connectivity index (χ2n) is 5.32. The van der Waals surface area contributed by atoms with E-state index in [1.807, 2.05) is 7.05 Å². The molecule has 0 spiro atoms. The number of likely N-dealkylation sites (tertiary alicyclic amines) is 1. The summed E-state index contributed by atoms with van der Waals surface area (Å²) in [5.41, 5.74) is 5.03. The van der Waals surface area contributed by atoms with Crippen molar-refractivity contribution < 1.29 is 4.79 Å². The van der Waals surface area contributed by atoms with E-state index in [-0.39, 0.29) is 5.91 Å². The topological polar surface area (TPSA) is 49.6 Å². The molecular formula is C11H23N3O. The Morgan fingerprint density at radius 2 is 2.20 bits per heavy atom. The van der Waals surface area contributed by atoms with Crippen LogP contribution in [0.1, 0.15) is 20.3 Å². The zero-order valence-corrected chi connectivity index (χ0v) is 10.3. The van der Waals surface area contributed by atoms with Crippen LogP contribution >= 0.6 is 0 Å². The second-order valence-corrected chi connectivity index (χ2v) is 5.32. The molecule has 1 unspecified atom stereocenters. The van der Waals surface area contributed by atoms with Gasteiger partial charge in [-0.1, -0.05) is 0 Å². The molecular weight excluding hydrogens is 190 g/mol. The lowest BCUT2D eigenvalue weighted by atomic mass is 10.0. The summed E-state index contributed by atoms with van der Waals surface area (Å²) < 4.78 is 0. The molecule has 1 heterocycles. The van der Waals surface area contributed by atoms with Crippen molar-refractivity contribution in [3.8, 4) is 0 Å². The van der Waals surface area contributed by atoms with Gasteiger partial charge in [0.2, 0.25) is 5.91 Å². The number of amides is 1. The first kappa shape index (κ1) is 12.5. The van der Waals surface area contributed by atoms with Crippen LogP contribution < -0.4 is 5.73 Å². The highest BCUT2D eigenvalue weighted by atomic mass is 16.2. The number of nitrogens with two attached hydrogens (primary N) is 1. The molecule has 1 aliphatic heterocycles. The van der Waals surface area contributed by atoms with Gasteiger partial charge in [-0.3, -0.25) is 4.79 Å². The van der Waals surface area contributed by atoms with Crippen molar-refractivity contribution in [2.45, 2.75) is 25.8 Å². The molecule has 2 N–H and O–H groups in total. The van der Waals surface area contributed by atoms with Gasteiger partial charge in [-0.15, -0.1) is 0 Å². The quantitative estimate of drug-likeness (QED) is 0.725. The molecule has 1 fully saturated rings. The minimum absolute atomic E-state index is 0.0250. The standard InChI is InChI=1S/C11H23N3O/c1-11(2,12)10(15)14(4)8-9-5-6-13(3)7-9/h9H,5-8,12H2,1-4H3. The van der Waals surface area contributed by atoms with E-state index in [0.717, 1.165) is 19.6 Å². The van der Waals surface area contributed by atoms with Crippen LogP contribution in [0.4, 0.5) is 0 Å². The van der Waals surface area contributed by atoms with Gasteiger partial charge in [0, 0.05) is 20.1 Å². The van der Waals surface area contributed by atoms with E-state index < -0.39 is 5.54 Å². The molecule has 0 aliphatic carbocycles. The maximum atomic E-state index is 11.8. The molecule has 0 bridgehead atoms. The van der Waals surface area contributed by atoms with Gasteiger partial charge < -0.3 is 15.5 Å². The van der Waals surface area contributed by atoms with Gasteiger partial charge in [-0.25, -0.2) is 0 Å². The molecule has 1 saturated heterocycles. The molecule has 0 aromatic heterocycles. The molecule has 0 aromatic carbocycles. The Hall–Kier alpha value is -0.610. The summed E-state index contributed by atoms with van der Waals surface area (Å²) in [5, 5.41) is 0. The summed E-state index contributed by atoms with van der Waals surface area (Å²) >= 11 is 0. The van der Waals surface area contributed by atoms with Crippen molar-refractivity contribution in [2.24, 2.45) is 11.7 Å². The summed E-state index contributed by atoms with van der Waals surface area (Å²) in [6, 6.07) is 0. The van der Waals surface area contributed by atoms with E-state index >= 15 is 0 Å². The number of nitrogens with zero attached hydrogens (tertiary/aromatic N) is 2. The average Bonchev–Trinajstić information content (AvgIpc) is 2.48. The van der Waals surface area contributed by atoms with E-state index in [4.69, 9.17) is 5.73 Å². The lowest BCUT2D eigenvalue weighted by Crippen LogP contribution is -2.50. The van der Waals surface area contributed by atoms with Crippen molar-refractivity contribution in [1.29, 1.82) is 0 Å². The van der Waals surface area contributed by atoms with E-state index in [1.54, 1.807) is 18.7 Å². The summed E-state index contributed by atoms with van der Waals surface area (Å²) in [4.78, 5) is 15.9. The monoisotopic (exact) mass is 213 g/mol. The zero-order valence-electron chi connectivity index (χ0n) is 10.3. The fourth-order valence-electron chi connectivity index (χ4n) is 2.14. The number of carbonyl (C=O) groups is 1. The summed E-state index contributed by atoms with van der Waals surface area (Å²) in [5.74, 6) is 0.628. The van der Waals surface area contributed by atoms with E-state index in [9.17, 15) is 4.79 Å². The second kappa shape index (κ2) is 4.49. The Kier molecular flexibility index (Phi) is 3.73. The lowest BCUT2D eigenvalue weighted by molar-refractivity contribution is -0.134. The van der Waals surface area contributed by atoms with Crippen LogP contribution in [0.15, 0.2) is 0 Å². The molecule has 0 aromatic rings. The van der Waals surface area contributed by atoms with Crippen molar-refractivity contribution in [2.75, 3.05) is 33.7 Å². The van der Waals surface area contributed by atoms with Gasteiger partial charge in [-0.2, -0.15) is 0 Å². The third-order valence-electron chi connectivity index (χ3n) is 2.92. The van der Waals surface area contributed by atoms with Crippen LogP contribution in [-0.2, 0) is 4.79 Å². The minimum Gasteiger partial charge on any atom is -0.344 e. The SMILES string of the molecule is CN1CCC(CN(C)C(=O)C(C)(C)N)C1. The highest BCUT2D eigenvalue weighted by Crippen LogP contribution is 2.16. The molecule has 1 aliphatic rings. The minimum atomic E-state index is -0.751. The van der Waals surface area contributed by atoms with Crippen LogP contribution in [0, 0.1) is 5.92 Å². The predicted molar refractivity (Wildman–Crippen MR) is 61.5 cm³/mol. The largest absolute Gasteiger partial charge is 0.344 e. The third-order valence-corrected chi connectivity index (χ3v) is 2.92. The molecule has 15 heavy (non-hydrogen) atoms. The first-order valence-electron chi connectivity index (χ1n) is 5.53. The maximum Gasteiger partial charge on any atom is 0.241 e. The van der Waals surface area contributed by atoms with Gasteiger partial charge >= 0.3 is 0 Å². The summed E-state index contributed by atoms with van der Waals surface area (Å²) in [6.45, 7) is 6.56. The van der Waals surface area contributed by atoms with Gasteiger partial charge in [0.05, 0.1) is 5.54 Å². The molecule has 88 valence electrons. The first-order chi connectivity index (χ1) is 6.80. The number of rotatable bonds is 3. The molecule has 0 radical (unpaired) electrons. The highest BCUT2D eigenvalue weighted by molar-refractivity contribution is 5.84. The Balaban J connectivity index is 2.42. The van der Waals surface area contributed by atoms with Gasteiger partial charge in [0.15, 0.2) is 0 Å². The maximum absolute atomic E-state index is 11.8. The van der Waals surface area contributed by atoms with Crippen molar-refractivity contribution in [3.05, 3.63) is 0 Å². The molecule has 4 nitrogen and oxygen atoms in total.